The van der Waals surface area contributed by atoms with E-state index in [1.54, 1.807) is 0 Å². The van der Waals surface area contributed by atoms with Gasteiger partial charge in [0.15, 0.2) is 5.78 Å². The number of carbonyl (C=O) groups is 1. The summed E-state index contributed by atoms with van der Waals surface area (Å²) in [5.74, 6) is -0.0625. The number of aromatic nitrogens is 1. The van der Waals surface area contributed by atoms with Crippen LogP contribution in [-0.4, -0.2) is 15.9 Å². The van der Waals surface area contributed by atoms with Gasteiger partial charge in [-0.2, -0.15) is 0 Å². The first-order valence-electron chi connectivity index (χ1n) is 13.3. The summed E-state index contributed by atoms with van der Waals surface area (Å²) in [6.45, 7) is 2.85. The number of hydrogen-bond acceptors (Lipinski definition) is 3. The van der Waals surface area contributed by atoms with E-state index in [1.807, 2.05) is 12.3 Å². The van der Waals surface area contributed by atoms with Gasteiger partial charge in [0.1, 0.15) is 0 Å². The van der Waals surface area contributed by atoms with Crippen LogP contribution in [0.1, 0.15) is 36.1 Å². The molecule has 1 aromatic heterocycles. The molecular weight excluding hydrogens is 683 g/mol. The van der Waals surface area contributed by atoms with E-state index >= 15 is 0 Å². The number of ketones is 1. The molecule has 1 N–H and O–H groups in total. The Balaban J connectivity index is 0.000000379. The number of pyridine rings is 1. The van der Waals surface area contributed by atoms with E-state index < -0.39 is 5.41 Å². The molecular formula is C37H28IrNO2-. The Hall–Kier alpha value is -4.37. The van der Waals surface area contributed by atoms with Crippen LogP contribution in [0.5, 0.6) is 0 Å². The number of rotatable bonds is 3. The van der Waals surface area contributed by atoms with Crippen LogP contribution in [-0.2, 0) is 30.3 Å². The van der Waals surface area contributed by atoms with Gasteiger partial charge in [0.2, 0.25) is 0 Å². The third-order valence-electron chi connectivity index (χ3n) is 7.51. The molecule has 4 heteroatoms. The first-order valence-corrected chi connectivity index (χ1v) is 13.3. The van der Waals surface area contributed by atoms with E-state index in [1.165, 1.54) is 63.7 Å². The standard InChI is InChI=1S/C32H20N.C5H8O2.Ir/c1-3-14-24-22(10-1)12-7-18-27(24)32(28-19-8-13-23-11-2-4-15-25(23)28)29-17-6-5-16-26(29)31-30(32)20-9-21-33-31;1-4(6)3-5(2)7;/h1-15,17-21H;3,6H,1-2H3;/q-1;;/b;4-3-;. The normalized spacial score (nSPS) is 13.0. The molecule has 0 atom stereocenters. The largest absolute Gasteiger partial charge is 0.512 e. The summed E-state index contributed by atoms with van der Waals surface area (Å²) >= 11 is 0. The molecule has 0 saturated carbocycles. The smallest absolute Gasteiger partial charge is 0.155 e. The first kappa shape index (κ1) is 28.2. The number of fused-ring (bicyclic) bond motifs is 5. The Morgan fingerprint density at radius 1 is 0.707 bits per heavy atom. The van der Waals surface area contributed by atoms with Crippen molar-refractivity contribution in [1.82, 2.24) is 4.98 Å². The second-order valence-corrected chi connectivity index (χ2v) is 10.1. The molecule has 0 unspecified atom stereocenters. The van der Waals surface area contributed by atoms with Gasteiger partial charge in [-0.3, -0.25) is 4.79 Å². The predicted octanol–water partition coefficient (Wildman–Crippen LogP) is 8.59. The molecule has 6 aromatic rings. The minimum Gasteiger partial charge on any atom is -0.512 e. The van der Waals surface area contributed by atoms with Crippen LogP contribution in [0.25, 0.3) is 32.8 Å². The van der Waals surface area contributed by atoms with Crippen LogP contribution in [0, 0.1) is 6.07 Å². The molecule has 0 bridgehead atoms. The average molecular weight is 711 g/mol. The van der Waals surface area contributed by atoms with Crippen molar-refractivity contribution in [3.05, 3.63) is 162 Å². The third kappa shape index (κ3) is 4.80. The molecule has 203 valence electrons. The monoisotopic (exact) mass is 711 g/mol. The van der Waals surface area contributed by atoms with Crippen molar-refractivity contribution in [1.29, 1.82) is 0 Å². The van der Waals surface area contributed by atoms with Gasteiger partial charge in [0.05, 0.1) is 5.76 Å². The molecule has 5 aromatic carbocycles. The fourth-order valence-electron chi connectivity index (χ4n) is 6.12. The number of nitrogens with zero attached hydrogens (tertiary/aromatic N) is 1. The van der Waals surface area contributed by atoms with Gasteiger partial charge in [-0.25, -0.2) is 0 Å². The van der Waals surface area contributed by atoms with Crippen LogP contribution in [0.15, 0.2) is 133 Å². The Morgan fingerprint density at radius 2 is 1.24 bits per heavy atom. The van der Waals surface area contributed by atoms with Crippen LogP contribution in [0.3, 0.4) is 0 Å². The van der Waals surface area contributed by atoms with Gasteiger partial charge in [-0.05, 0) is 58.3 Å². The molecule has 1 heterocycles. The first-order chi connectivity index (χ1) is 19.5. The topological polar surface area (TPSA) is 50.2 Å². The molecule has 1 radical (unpaired) electrons. The van der Waals surface area contributed by atoms with Crippen LogP contribution in [0.2, 0.25) is 0 Å². The minimum atomic E-state index is -0.488. The van der Waals surface area contributed by atoms with Gasteiger partial charge in [0.25, 0.3) is 0 Å². The van der Waals surface area contributed by atoms with E-state index in [0.717, 1.165) is 11.3 Å². The fourth-order valence-corrected chi connectivity index (χ4v) is 6.12. The molecule has 3 nitrogen and oxygen atoms in total. The van der Waals surface area contributed by atoms with Crippen LogP contribution in [0.4, 0.5) is 0 Å². The third-order valence-corrected chi connectivity index (χ3v) is 7.51. The quantitative estimate of drug-likeness (QED) is 0.114. The maximum absolute atomic E-state index is 10.0. The average Bonchev–Trinajstić information content (AvgIpc) is 3.27. The van der Waals surface area contributed by atoms with Crippen molar-refractivity contribution in [3.8, 4) is 11.3 Å². The van der Waals surface area contributed by atoms with Gasteiger partial charge in [0, 0.05) is 37.8 Å². The zero-order valence-corrected chi connectivity index (χ0v) is 25.2. The number of benzene rings is 5. The summed E-state index contributed by atoms with van der Waals surface area (Å²) in [6, 6.07) is 45.0. The van der Waals surface area contributed by atoms with Crippen molar-refractivity contribution in [2.24, 2.45) is 0 Å². The van der Waals surface area contributed by atoms with Crippen molar-refractivity contribution >= 4 is 27.3 Å². The van der Waals surface area contributed by atoms with Gasteiger partial charge in [-0.15, -0.1) is 35.4 Å². The maximum atomic E-state index is 10.0. The molecule has 1 aliphatic carbocycles. The summed E-state index contributed by atoms with van der Waals surface area (Å²) in [6.07, 6.45) is 3.06. The molecule has 0 fully saturated rings. The summed E-state index contributed by atoms with van der Waals surface area (Å²) in [5.41, 5.74) is 6.65. The number of hydrogen-bond donors (Lipinski definition) is 1. The Bertz CT molecular complexity index is 1780. The van der Waals surface area contributed by atoms with Crippen molar-refractivity contribution < 1.29 is 30.0 Å². The summed E-state index contributed by atoms with van der Waals surface area (Å²) in [4.78, 5) is 14.9. The molecule has 7 rings (SSSR count). The van der Waals surface area contributed by atoms with E-state index in [9.17, 15) is 4.79 Å². The number of allylic oxidation sites excluding steroid dienone is 2. The van der Waals surface area contributed by atoms with Gasteiger partial charge in [-0.1, -0.05) is 96.6 Å². The molecule has 0 spiro atoms. The SMILES string of the molecule is CC(=O)/C=C(/C)O.[Ir].[c-]1cccc2c1-c1ncccc1C2(c1cccc2ccccc12)c1cccc2ccccc12. The van der Waals surface area contributed by atoms with Gasteiger partial charge >= 0.3 is 0 Å². The molecule has 0 saturated heterocycles. The van der Waals surface area contributed by atoms with Crippen molar-refractivity contribution in [3.63, 3.8) is 0 Å². The minimum absolute atomic E-state index is 0. The Kier molecular flexibility index (Phi) is 7.99. The fraction of sp³-hybridized carbons (Fsp3) is 0.0811. The Labute approximate surface area is 253 Å². The van der Waals surface area contributed by atoms with E-state index in [-0.39, 0.29) is 31.6 Å². The van der Waals surface area contributed by atoms with E-state index in [4.69, 9.17) is 10.1 Å². The predicted molar refractivity (Wildman–Crippen MR) is 162 cm³/mol. The van der Waals surface area contributed by atoms with Crippen LogP contribution < -0.4 is 0 Å². The number of carbonyl (C=O) groups excluding carboxylic acids is 1. The molecule has 0 amide bonds. The van der Waals surface area contributed by atoms with E-state index in [0.29, 0.717) is 0 Å². The van der Waals surface area contributed by atoms with Crippen molar-refractivity contribution in [2.45, 2.75) is 19.3 Å². The van der Waals surface area contributed by atoms with Crippen molar-refractivity contribution in [2.75, 3.05) is 0 Å². The summed E-state index contributed by atoms with van der Waals surface area (Å²) in [7, 11) is 0. The maximum Gasteiger partial charge on any atom is 0.155 e. The molecule has 1 aliphatic rings. The molecule has 41 heavy (non-hydrogen) atoms. The van der Waals surface area contributed by atoms with Gasteiger partial charge < -0.3 is 10.1 Å². The second-order valence-electron chi connectivity index (χ2n) is 10.1. The summed E-state index contributed by atoms with van der Waals surface area (Å²) in [5, 5.41) is 13.4. The molecule has 0 aliphatic heterocycles. The number of aliphatic hydroxyl groups is 1. The zero-order valence-electron chi connectivity index (χ0n) is 22.8. The van der Waals surface area contributed by atoms with Crippen LogP contribution >= 0.6 is 0 Å². The number of aliphatic hydroxyl groups excluding tert-OH is 1. The summed E-state index contributed by atoms with van der Waals surface area (Å²) < 4.78 is 0. The second kappa shape index (κ2) is 11.6. The Morgan fingerprint density at radius 3 is 1.80 bits per heavy atom. The van der Waals surface area contributed by atoms with E-state index in [2.05, 4.69) is 115 Å². The zero-order chi connectivity index (χ0) is 27.7.